The summed E-state index contributed by atoms with van der Waals surface area (Å²) in [5.74, 6) is 0.291. The number of nitrogens with one attached hydrogen (secondary N) is 1. The van der Waals surface area contributed by atoms with Crippen molar-refractivity contribution in [3.8, 4) is 22.8 Å². The van der Waals surface area contributed by atoms with Crippen molar-refractivity contribution in [2.24, 2.45) is 4.99 Å². The van der Waals surface area contributed by atoms with Gasteiger partial charge in [-0.2, -0.15) is 4.99 Å². The minimum Gasteiger partial charge on any atom is -0.406 e. The molecule has 1 saturated heterocycles. The van der Waals surface area contributed by atoms with E-state index in [0.717, 1.165) is 22.4 Å². The molecule has 15 heteroatoms. The molecular weight excluding hydrogens is 645 g/mol. The lowest BCUT2D eigenvalue weighted by molar-refractivity contribution is -0.274. The van der Waals surface area contributed by atoms with E-state index in [2.05, 4.69) is 39.1 Å². The number of hydrogen-bond acceptors (Lipinski definition) is 8. The third-order valence-corrected chi connectivity index (χ3v) is 8.61. The van der Waals surface area contributed by atoms with Crippen LogP contribution in [-0.4, -0.2) is 70.1 Å². The highest BCUT2D eigenvalue weighted by molar-refractivity contribution is 8.15. The summed E-state index contributed by atoms with van der Waals surface area (Å²) in [6, 6.07) is 17.9. The van der Waals surface area contributed by atoms with Crippen LogP contribution in [0.25, 0.3) is 17.1 Å². The van der Waals surface area contributed by atoms with Gasteiger partial charge in [0.2, 0.25) is 5.91 Å². The normalized spacial score (nSPS) is 15.0. The Morgan fingerprint density at radius 1 is 1.02 bits per heavy atom. The predicted molar refractivity (Wildman–Crippen MR) is 180 cm³/mol. The van der Waals surface area contributed by atoms with Gasteiger partial charge >= 0.3 is 12.4 Å². The number of nitrogens with zero attached hydrogens (tertiary/aromatic N) is 7. The van der Waals surface area contributed by atoms with Gasteiger partial charge in [-0.05, 0) is 60.4 Å². The Bertz CT molecular complexity index is 1810. The maximum atomic E-state index is 13.1. The van der Waals surface area contributed by atoms with Crippen molar-refractivity contribution >= 4 is 40.2 Å². The number of aliphatic imine (C=N–C) groups is 1. The number of ether oxygens (including phenoxy) is 1. The van der Waals surface area contributed by atoms with Crippen LogP contribution < -0.4 is 20.0 Å². The van der Waals surface area contributed by atoms with Crippen LogP contribution in [0.4, 0.5) is 29.3 Å². The Kier molecular flexibility index (Phi) is 10.1. The van der Waals surface area contributed by atoms with Gasteiger partial charge in [0.15, 0.2) is 11.0 Å². The predicted octanol–water partition coefficient (Wildman–Crippen LogP) is 6.78. The summed E-state index contributed by atoms with van der Waals surface area (Å²) in [7, 11) is 5.59. The molecule has 1 aliphatic rings. The average molecular weight is 681 g/mol. The zero-order valence-corrected chi connectivity index (χ0v) is 28.0. The first-order valence-electron chi connectivity index (χ1n) is 15.0. The second-order valence-corrected chi connectivity index (χ2v) is 12.5. The van der Waals surface area contributed by atoms with Crippen LogP contribution in [0.3, 0.4) is 0 Å². The number of amidine groups is 1. The molecule has 0 saturated carbocycles. The molecule has 1 atom stereocenters. The highest BCUT2D eigenvalue weighted by Gasteiger charge is 2.33. The number of thioether (sulfide) groups is 1. The van der Waals surface area contributed by atoms with Crippen LogP contribution >= 0.6 is 11.8 Å². The Morgan fingerprint density at radius 3 is 2.33 bits per heavy atom. The summed E-state index contributed by atoms with van der Waals surface area (Å²) in [6.45, 7) is 6.03. The second-order valence-electron chi connectivity index (χ2n) is 11.6. The molecule has 1 N–H and O–H groups in total. The number of carbonyl (C=O) groups excluding carboxylic acids is 2. The molecule has 3 amide bonds. The van der Waals surface area contributed by atoms with Gasteiger partial charge in [-0.3, -0.25) is 15.1 Å². The minimum atomic E-state index is -4.77. The largest absolute Gasteiger partial charge is 0.573 e. The van der Waals surface area contributed by atoms with Crippen LogP contribution in [-0.2, 0) is 4.79 Å². The molecule has 11 nitrogen and oxygen atoms in total. The molecule has 1 aromatic heterocycles. The maximum absolute atomic E-state index is 13.1. The van der Waals surface area contributed by atoms with Gasteiger partial charge in [-0.15, -0.1) is 18.3 Å². The van der Waals surface area contributed by atoms with Gasteiger partial charge in [0.05, 0.1) is 23.2 Å². The van der Waals surface area contributed by atoms with Crippen LogP contribution in [0.1, 0.15) is 43.9 Å². The molecule has 1 fully saturated rings. The van der Waals surface area contributed by atoms with E-state index in [4.69, 9.17) is 0 Å². The number of carbonyl (C=O) groups is 2. The Morgan fingerprint density at radius 2 is 1.71 bits per heavy atom. The summed E-state index contributed by atoms with van der Waals surface area (Å²) in [4.78, 5) is 38.2. The zero-order valence-electron chi connectivity index (χ0n) is 27.2. The smallest absolute Gasteiger partial charge is 0.406 e. The molecule has 3 aromatic carbocycles. The molecule has 2 heterocycles. The Labute approximate surface area is 280 Å². The molecule has 4 aromatic rings. The first kappa shape index (κ1) is 34.4. The monoisotopic (exact) mass is 680 g/mol. The van der Waals surface area contributed by atoms with Gasteiger partial charge in [0.1, 0.15) is 12.1 Å². The van der Waals surface area contributed by atoms with Crippen LogP contribution in [0.5, 0.6) is 5.75 Å². The van der Waals surface area contributed by atoms with Gasteiger partial charge in [0, 0.05) is 32.4 Å². The number of hydrogen-bond donors (Lipinski definition) is 1. The van der Waals surface area contributed by atoms with Crippen molar-refractivity contribution in [3.05, 3.63) is 84.2 Å². The summed E-state index contributed by atoms with van der Waals surface area (Å²) >= 11 is 1.22. The van der Waals surface area contributed by atoms with E-state index in [1.54, 1.807) is 12.1 Å². The molecule has 48 heavy (non-hydrogen) atoms. The first-order valence-corrected chi connectivity index (χ1v) is 16.0. The number of halogens is 3. The summed E-state index contributed by atoms with van der Waals surface area (Å²) < 4.78 is 42.7. The summed E-state index contributed by atoms with van der Waals surface area (Å²) in [5, 5.41) is 6.40. The van der Waals surface area contributed by atoms with Crippen molar-refractivity contribution in [2.75, 3.05) is 36.7 Å². The van der Waals surface area contributed by atoms with E-state index in [1.807, 2.05) is 68.4 Å². The van der Waals surface area contributed by atoms with E-state index in [1.165, 1.54) is 51.9 Å². The third-order valence-electron chi connectivity index (χ3n) is 7.69. The number of urea groups is 1. The number of rotatable bonds is 9. The van der Waals surface area contributed by atoms with Gasteiger partial charge in [0.25, 0.3) is 0 Å². The van der Waals surface area contributed by atoms with E-state index in [9.17, 15) is 22.8 Å². The van der Waals surface area contributed by atoms with Crippen LogP contribution in [0.15, 0.2) is 78.0 Å². The lowest BCUT2D eigenvalue weighted by Crippen LogP contribution is -2.40. The quantitative estimate of drug-likeness (QED) is 0.193. The fourth-order valence-electron chi connectivity index (χ4n) is 4.99. The molecule has 0 radical (unpaired) electrons. The Balaban J connectivity index is 1.25. The molecule has 5 rings (SSSR count). The maximum Gasteiger partial charge on any atom is 0.573 e. The molecule has 1 aliphatic heterocycles. The fraction of sp³-hybridized carbons (Fsp3) is 0.303. The lowest BCUT2D eigenvalue weighted by Gasteiger charge is -2.26. The van der Waals surface area contributed by atoms with E-state index in [0.29, 0.717) is 22.4 Å². The van der Waals surface area contributed by atoms with Crippen LogP contribution in [0, 0.1) is 0 Å². The number of aromatic nitrogens is 3. The third kappa shape index (κ3) is 7.97. The minimum absolute atomic E-state index is 0.140. The van der Waals surface area contributed by atoms with Crippen molar-refractivity contribution < 1.29 is 27.5 Å². The molecule has 1 unspecified atom stereocenters. The summed E-state index contributed by atoms with van der Waals surface area (Å²) in [6.07, 6.45) is -3.30. The fourth-order valence-corrected chi connectivity index (χ4v) is 5.85. The van der Waals surface area contributed by atoms with E-state index < -0.39 is 12.4 Å². The molecule has 0 aliphatic carbocycles. The number of anilines is 2. The van der Waals surface area contributed by atoms with E-state index >= 15 is 0 Å². The van der Waals surface area contributed by atoms with Crippen molar-refractivity contribution in [2.45, 2.75) is 39.1 Å². The standard InChI is InChI=1S/C33H35F3N8O3S/c1-20(2)27-16-13-25(41(4)5)17-28(27)44-29(45)18-48-32(44)38-31(46)40-42(6)21(3)22-7-9-23(10-8-22)30-37-19-43(39-30)24-11-14-26(15-12-24)47-33(34,35)36/h7-17,19-21H,18H2,1-6H3,(H,40,46). The number of alkyl halides is 3. The topological polar surface area (TPSA) is 108 Å². The molecular formula is C33H35F3N8O3S. The highest BCUT2D eigenvalue weighted by atomic mass is 32.2. The zero-order chi connectivity index (χ0) is 34.7. The van der Waals surface area contributed by atoms with Crippen LogP contribution in [0.2, 0.25) is 0 Å². The molecule has 252 valence electrons. The second kappa shape index (κ2) is 14.1. The lowest BCUT2D eigenvalue weighted by atomic mass is 9.99. The van der Waals surface area contributed by atoms with Crippen molar-refractivity contribution in [3.63, 3.8) is 0 Å². The van der Waals surface area contributed by atoms with E-state index in [-0.39, 0.29) is 29.4 Å². The summed E-state index contributed by atoms with van der Waals surface area (Å²) in [5.41, 5.74) is 7.55. The SMILES string of the molecule is CC(C)c1ccc(N(C)C)cc1N1C(=O)CSC1=NC(=O)NN(C)C(C)c1ccc(-c2ncn(-c3ccc(OC(F)(F)F)cc3)n2)cc1. The number of benzene rings is 3. The first-order chi connectivity index (χ1) is 22.7. The molecule has 0 bridgehead atoms. The number of hydrazine groups is 1. The number of amides is 3. The average Bonchev–Trinajstić information content (AvgIpc) is 3.67. The van der Waals surface area contributed by atoms with Gasteiger partial charge in [-0.25, -0.2) is 19.5 Å². The van der Waals surface area contributed by atoms with Gasteiger partial charge in [-0.1, -0.05) is 55.9 Å². The molecule has 0 spiro atoms. The highest BCUT2D eigenvalue weighted by Crippen LogP contribution is 2.36. The Hall–Kier alpha value is -4.89. The van der Waals surface area contributed by atoms with Gasteiger partial charge < -0.3 is 9.64 Å². The van der Waals surface area contributed by atoms with Crippen molar-refractivity contribution in [1.29, 1.82) is 0 Å². The van der Waals surface area contributed by atoms with Crippen molar-refractivity contribution in [1.82, 2.24) is 25.2 Å².